The van der Waals surface area contributed by atoms with Gasteiger partial charge < -0.3 is 18.8 Å². The first kappa shape index (κ1) is 35.3. The first-order valence-electron chi connectivity index (χ1n) is 13.8. The van der Waals surface area contributed by atoms with Crippen LogP contribution in [-0.2, 0) is 18.2 Å². The molecule has 0 saturated heterocycles. The average molecular weight is 547 g/mol. The molecule has 2 N–H and O–H groups in total. The second kappa shape index (κ2) is 24.6. The van der Waals surface area contributed by atoms with E-state index >= 15 is 0 Å². The molecule has 0 aromatic carbocycles. The van der Waals surface area contributed by atoms with Crippen LogP contribution in [-0.4, -0.2) is 23.0 Å². The van der Waals surface area contributed by atoms with Crippen molar-refractivity contribution < 1.29 is 28.0 Å². The number of hydrogen-bond acceptors (Lipinski definition) is 4. The van der Waals surface area contributed by atoms with Gasteiger partial charge in [-0.05, 0) is 38.5 Å². The van der Waals surface area contributed by atoms with E-state index in [4.69, 9.17) is 9.05 Å². The fourth-order valence-electron chi connectivity index (χ4n) is 3.73. The van der Waals surface area contributed by atoms with E-state index in [1.165, 1.54) is 89.9 Å². The van der Waals surface area contributed by atoms with Crippen LogP contribution in [0.1, 0.15) is 116 Å². The van der Waals surface area contributed by atoms with E-state index in [9.17, 15) is 18.9 Å². The average Bonchev–Trinajstić information content (AvgIpc) is 2.86. The Morgan fingerprint density at radius 3 is 1.00 bits per heavy atom. The first-order chi connectivity index (χ1) is 17.3. The number of rotatable bonds is 27. The minimum atomic E-state index is -3.56. The van der Waals surface area contributed by atoms with E-state index in [1.807, 2.05) is 12.2 Å². The molecule has 0 aliphatic carbocycles. The van der Waals surface area contributed by atoms with E-state index in [2.05, 4.69) is 25.3 Å². The topological polar surface area (TPSA) is 93.1 Å². The molecule has 0 aliphatic heterocycles. The highest BCUT2D eigenvalue weighted by molar-refractivity contribution is 7.56. The summed E-state index contributed by atoms with van der Waals surface area (Å²) in [6.07, 6.45) is 30.2. The molecule has 0 heterocycles. The van der Waals surface area contributed by atoms with Gasteiger partial charge in [-0.15, -0.1) is 0 Å². The SMILES string of the molecule is C=CP(=O)(O)OCC/C=C\CCCCCCCCCCCCCCCC/C=C\CCOP(=O)(O)C=C. The molecule has 0 aromatic rings. The van der Waals surface area contributed by atoms with Gasteiger partial charge in [-0.1, -0.05) is 115 Å². The van der Waals surface area contributed by atoms with Crippen molar-refractivity contribution in [2.75, 3.05) is 13.2 Å². The highest BCUT2D eigenvalue weighted by Crippen LogP contribution is 2.43. The van der Waals surface area contributed by atoms with E-state index in [-0.39, 0.29) is 13.2 Å². The van der Waals surface area contributed by atoms with Crippen molar-refractivity contribution in [3.63, 3.8) is 0 Å². The fourth-order valence-corrected chi connectivity index (χ4v) is 4.67. The van der Waals surface area contributed by atoms with Crippen LogP contribution in [0.25, 0.3) is 0 Å². The second-order valence-electron chi connectivity index (χ2n) is 9.21. The van der Waals surface area contributed by atoms with Gasteiger partial charge in [-0.25, -0.2) is 0 Å². The van der Waals surface area contributed by atoms with Gasteiger partial charge in [0.05, 0.1) is 13.2 Å². The molecule has 0 amide bonds. The summed E-state index contributed by atoms with van der Waals surface area (Å²) in [4.78, 5) is 18.4. The van der Waals surface area contributed by atoms with Crippen LogP contribution in [0.4, 0.5) is 0 Å². The lowest BCUT2D eigenvalue weighted by Gasteiger charge is -2.05. The van der Waals surface area contributed by atoms with E-state index < -0.39 is 15.2 Å². The van der Waals surface area contributed by atoms with Crippen molar-refractivity contribution >= 4 is 15.2 Å². The van der Waals surface area contributed by atoms with Crippen molar-refractivity contribution in [2.24, 2.45) is 0 Å². The van der Waals surface area contributed by atoms with Crippen LogP contribution in [0.2, 0.25) is 0 Å². The third kappa shape index (κ3) is 26.3. The van der Waals surface area contributed by atoms with Gasteiger partial charge in [0.15, 0.2) is 0 Å². The summed E-state index contributed by atoms with van der Waals surface area (Å²) in [5.74, 6) is 1.94. The molecule has 36 heavy (non-hydrogen) atoms. The fraction of sp³-hybridized carbons (Fsp3) is 0.714. The molecule has 0 saturated carbocycles. The van der Waals surface area contributed by atoms with Gasteiger partial charge in [0.2, 0.25) is 0 Å². The van der Waals surface area contributed by atoms with Gasteiger partial charge in [0.1, 0.15) is 0 Å². The Morgan fingerprint density at radius 2 is 0.722 bits per heavy atom. The molecule has 0 fully saturated rings. The predicted octanol–water partition coefficient (Wildman–Crippen LogP) is 9.81. The van der Waals surface area contributed by atoms with Crippen LogP contribution < -0.4 is 0 Å². The number of hydrogen-bond donors (Lipinski definition) is 2. The third-order valence-electron chi connectivity index (χ3n) is 5.91. The standard InChI is InChI=1S/C28H52O6P2/c1-3-35(29,30)33-27-25-23-21-19-17-15-13-11-9-7-5-6-8-10-12-14-16-18-20-22-24-26-28-34-36(31,32)4-2/h3-4,21-24H,1-2,5-20,25-28H2,(H,29,30)(H,31,32)/b23-21-,24-22-. The van der Waals surface area contributed by atoms with Crippen molar-refractivity contribution in [3.8, 4) is 0 Å². The highest BCUT2D eigenvalue weighted by atomic mass is 31.2. The zero-order valence-electron chi connectivity index (χ0n) is 22.4. The minimum absolute atomic E-state index is 0.253. The van der Waals surface area contributed by atoms with Crippen LogP contribution in [0.5, 0.6) is 0 Å². The van der Waals surface area contributed by atoms with E-state index in [1.54, 1.807) is 0 Å². The molecule has 6 nitrogen and oxygen atoms in total. The zero-order valence-corrected chi connectivity index (χ0v) is 24.2. The van der Waals surface area contributed by atoms with Crippen molar-refractivity contribution in [1.82, 2.24) is 0 Å². The summed E-state index contributed by atoms with van der Waals surface area (Å²) in [5.41, 5.74) is 0. The van der Waals surface area contributed by atoms with Gasteiger partial charge in [-0.2, -0.15) is 0 Å². The smallest absolute Gasteiger partial charge is 0.321 e. The number of unbranched alkanes of at least 4 members (excludes halogenated alkanes) is 15. The molecule has 0 spiro atoms. The number of allylic oxidation sites excluding steroid dienone is 2. The van der Waals surface area contributed by atoms with Crippen LogP contribution >= 0.6 is 15.2 Å². The lowest BCUT2D eigenvalue weighted by Crippen LogP contribution is -1.88. The molecule has 0 aliphatic rings. The Balaban J connectivity index is 3.23. The minimum Gasteiger partial charge on any atom is -0.321 e. The molecule has 210 valence electrons. The van der Waals surface area contributed by atoms with Gasteiger partial charge in [0, 0.05) is 11.6 Å². The Bertz CT molecular complexity index is 632. The Labute approximate surface area is 221 Å². The summed E-state index contributed by atoms with van der Waals surface area (Å²) in [7, 11) is -7.13. The maximum atomic E-state index is 11.2. The summed E-state index contributed by atoms with van der Waals surface area (Å²) >= 11 is 0. The lowest BCUT2D eigenvalue weighted by molar-refractivity contribution is 0.272. The van der Waals surface area contributed by atoms with E-state index in [0.29, 0.717) is 12.8 Å². The quantitative estimate of drug-likeness (QED) is 0.0605. The summed E-state index contributed by atoms with van der Waals surface area (Å²) in [6, 6.07) is 0. The normalized spacial score (nSPS) is 15.3. The van der Waals surface area contributed by atoms with E-state index in [0.717, 1.165) is 24.5 Å². The van der Waals surface area contributed by atoms with Crippen molar-refractivity contribution in [2.45, 2.75) is 116 Å². The zero-order chi connectivity index (χ0) is 26.8. The summed E-state index contributed by atoms with van der Waals surface area (Å²) < 4.78 is 32.1. The van der Waals surface area contributed by atoms with Gasteiger partial charge in [0.25, 0.3) is 0 Å². The predicted molar refractivity (Wildman–Crippen MR) is 153 cm³/mol. The molecule has 0 rings (SSSR count). The maximum Gasteiger partial charge on any atom is 0.351 e. The second-order valence-corrected chi connectivity index (χ2v) is 12.7. The monoisotopic (exact) mass is 546 g/mol. The van der Waals surface area contributed by atoms with Crippen molar-refractivity contribution in [3.05, 3.63) is 49.1 Å². The highest BCUT2D eigenvalue weighted by Gasteiger charge is 2.12. The molecule has 2 atom stereocenters. The van der Waals surface area contributed by atoms with Crippen LogP contribution in [0.3, 0.4) is 0 Å². The Hall–Kier alpha value is -0.740. The summed E-state index contributed by atoms with van der Waals surface area (Å²) in [5, 5.41) is 0. The Morgan fingerprint density at radius 1 is 0.472 bits per heavy atom. The molecular formula is C28H52O6P2. The van der Waals surface area contributed by atoms with Crippen LogP contribution in [0, 0.1) is 0 Å². The molecule has 8 heteroatoms. The van der Waals surface area contributed by atoms with Crippen molar-refractivity contribution in [1.29, 1.82) is 0 Å². The summed E-state index contributed by atoms with van der Waals surface area (Å²) in [6.45, 7) is 7.07. The van der Waals surface area contributed by atoms with Gasteiger partial charge >= 0.3 is 15.2 Å². The molecule has 0 bridgehead atoms. The Kier molecular flexibility index (Phi) is 24.1. The molecular weight excluding hydrogens is 494 g/mol. The molecule has 0 radical (unpaired) electrons. The molecule has 0 aromatic heterocycles. The lowest BCUT2D eigenvalue weighted by atomic mass is 10.0. The third-order valence-corrected chi connectivity index (χ3v) is 7.94. The largest absolute Gasteiger partial charge is 0.351 e. The van der Waals surface area contributed by atoms with Gasteiger partial charge in [-0.3, -0.25) is 9.13 Å². The maximum absolute atomic E-state index is 11.2. The van der Waals surface area contributed by atoms with Crippen LogP contribution in [0.15, 0.2) is 49.1 Å². The first-order valence-corrected chi connectivity index (χ1v) is 17.1. The molecule has 2 unspecified atom stereocenters.